The molecule has 0 radical (unpaired) electrons. The Morgan fingerprint density at radius 3 is 2.75 bits per heavy atom. The van der Waals surface area contributed by atoms with E-state index in [0.717, 1.165) is 30.4 Å². The first kappa shape index (κ1) is 14.8. The summed E-state index contributed by atoms with van der Waals surface area (Å²) in [5.74, 6) is -0.293. The highest BCUT2D eigenvalue weighted by Crippen LogP contribution is 2.35. The van der Waals surface area contributed by atoms with Crippen molar-refractivity contribution in [3.05, 3.63) is 47.3 Å². The van der Waals surface area contributed by atoms with Crippen molar-refractivity contribution < 1.29 is 13.9 Å². The van der Waals surface area contributed by atoms with Gasteiger partial charge in [-0.3, -0.25) is 0 Å². The van der Waals surface area contributed by atoms with Crippen molar-refractivity contribution >= 4 is 5.97 Å². The SMILES string of the molecule is C=C(C)C(=O)OC(C)(C)C1CCc2cc(F)ccc2C1. The first-order valence-corrected chi connectivity index (χ1v) is 6.96. The first-order valence-electron chi connectivity index (χ1n) is 6.96. The third-order valence-corrected chi connectivity index (χ3v) is 4.08. The summed E-state index contributed by atoms with van der Waals surface area (Å²) in [4.78, 5) is 11.7. The van der Waals surface area contributed by atoms with E-state index in [-0.39, 0.29) is 17.7 Å². The van der Waals surface area contributed by atoms with Crippen LogP contribution in [-0.2, 0) is 22.4 Å². The van der Waals surface area contributed by atoms with E-state index in [1.54, 1.807) is 13.0 Å². The molecule has 1 aromatic rings. The Hall–Kier alpha value is -1.64. The molecule has 0 amide bonds. The number of benzene rings is 1. The van der Waals surface area contributed by atoms with Crippen LogP contribution in [0.1, 0.15) is 38.3 Å². The van der Waals surface area contributed by atoms with Crippen molar-refractivity contribution in [2.24, 2.45) is 5.92 Å². The number of aryl methyl sites for hydroxylation is 1. The van der Waals surface area contributed by atoms with Gasteiger partial charge in [0.15, 0.2) is 0 Å². The van der Waals surface area contributed by atoms with Crippen molar-refractivity contribution in [2.45, 2.75) is 45.6 Å². The number of fused-ring (bicyclic) bond motifs is 1. The largest absolute Gasteiger partial charge is 0.456 e. The van der Waals surface area contributed by atoms with Gasteiger partial charge >= 0.3 is 5.97 Å². The highest BCUT2D eigenvalue weighted by molar-refractivity contribution is 5.87. The Bertz CT molecular complexity index is 546. The minimum Gasteiger partial charge on any atom is -0.456 e. The standard InChI is InChI=1S/C17H21FO2/c1-11(2)16(19)20-17(3,4)14-7-5-13-10-15(18)8-6-12(13)9-14/h6,8,10,14H,1,5,7,9H2,2-4H3. The van der Waals surface area contributed by atoms with Gasteiger partial charge in [0.25, 0.3) is 0 Å². The van der Waals surface area contributed by atoms with Crippen molar-refractivity contribution in [1.82, 2.24) is 0 Å². The van der Waals surface area contributed by atoms with Crippen LogP contribution in [0.15, 0.2) is 30.4 Å². The molecule has 0 fully saturated rings. The summed E-state index contributed by atoms with van der Waals surface area (Å²) in [6.45, 7) is 9.14. The van der Waals surface area contributed by atoms with Crippen molar-refractivity contribution in [3.8, 4) is 0 Å². The topological polar surface area (TPSA) is 26.3 Å². The fourth-order valence-electron chi connectivity index (χ4n) is 2.73. The summed E-state index contributed by atoms with van der Waals surface area (Å²) in [5.41, 5.74) is 2.10. The maximum Gasteiger partial charge on any atom is 0.333 e. The summed E-state index contributed by atoms with van der Waals surface area (Å²) in [6.07, 6.45) is 2.53. The number of carbonyl (C=O) groups is 1. The van der Waals surface area contributed by atoms with E-state index in [1.165, 1.54) is 6.07 Å². The van der Waals surface area contributed by atoms with E-state index in [4.69, 9.17) is 4.74 Å². The Labute approximate surface area is 119 Å². The lowest BCUT2D eigenvalue weighted by atomic mass is 9.76. The van der Waals surface area contributed by atoms with Crippen LogP contribution in [0.5, 0.6) is 0 Å². The molecule has 108 valence electrons. The van der Waals surface area contributed by atoms with Crippen molar-refractivity contribution in [2.75, 3.05) is 0 Å². The Kier molecular flexibility index (Phi) is 3.98. The highest BCUT2D eigenvalue weighted by atomic mass is 19.1. The molecule has 0 spiro atoms. The number of halogens is 1. The number of rotatable bonds is 3. The molecule has 0 saturated heterocycles. The third kappa shape index (κ3) is 3.09. The van der Waals surface area contributed by atoms with Gasteiger partial charge in [0.05, 0.1) is 0 Å². The van der Waals surface area contributed by atoms with Crippen LogP contribution >= 0.6 is 0 Å². The Morgan fingerprint density at radius 1 is 1.40 bits per heavy atom. The van der Waals surface area contributed by atoms with Gasteiger partial charge in [0, 0.05) is 11.5 Å². The molecular weight excluding hydrogens is 255 g/mol. The zero-order valence-corrected chi connectivity index (χ0v) is 12.3. The van der Waals surface area contributed by atoms with Gasteiger partial charge in [0.1, 0.15) is 11.4 Å². The lowest BCUT2D eigenvalue weighted by molar-refractivity contribution is -0.157. The molecule has 0 aromatic heterocycles. The fraction of sp³-hybridized carbons (Fsp3) is 0.471. The smallest absolute Gasteiger partial charge is 0.333 e. The van der Waals surface area contributed by atoms with Crippen LogP contribution in [0.2, 0.25) is 0 Å². The summed E-state index contributed by atoms with van der Waals surface area (Å²) >= 11 is 0. The van der Waals surface area contributed by atoms with Crippen LogP contribution in [0.25, 0.3) is 0 Å². The molecule has 1 aliphatic rings. The first-order chi connectivity index (χ1) is 9.29. The number of hydrogen-bond acceptors (Lipinski definition) is 2. The van der Waals surface area contributed by atoms with E-state index in [2.05, 4.69) is 6.58 Å². The lowest BCUT2D eigenvalue weighted by Crippen LogP contribution is -2.40. The number of ether oxygens (including phenoxy) is 1. The van der Waals surface area contributed by atoms with E-state index >= 15 is 0 Å². The molecule has 1 aromatic carbocycles. The maximum absolute atomic E-state index is 13.2. The van der Waals surface area contributed by atoms with Crippen molar-refractivity contribution in [3.63, 3.8) is 0 Å². The monoisotopic (exact) mass is 276 g/mol. The van der Waals surface area contributed by atoms with E-state index < -0.39 is 5.60 Å². The summed E-state index contributed by atoms with van der Waals surface area (Å²) in [5, 5.41) is 0. The van der Waals surface area contributed by atoms with Gasteiger partial charge in [0.2, 0.25) is 0 Å². The van der Waals surface area contributed by atoms with Gasteiger partial charge in [-0.15, -0.1) is 0 Å². The van der Waals surface area contributed by atoms with Gasteiger partial charge in [-0.2, -0.15) is 0 Å². The number of hydrogen-bond donors (Lipinski definition) is 0. The quantitative estimate of drug-likeness (QED) is 0.619. The molecular formula is C17H21FO2. The van der Waals surface area contributed by atoms with Crippen LogP contribution in [0.3, 0.4) is 0 Å². The van der Waals surface area contributed by atoms with Crippen LogP contribution in [-0.4, -0.2) is 11.6 Å². The molecule has 2 nitrogen and oxygen atoms in total. The Balaban J connectivity index is 2.13. The molecule has 1 unspecified atom stereocenters. The predicted molar refractivity (Wildman–Crippen MR) is 76.9 cm³/mol. The molecule has 3 heteroatoms. The summed E-state index contributed by atoms with van der Waals surface area (Å²) < 4.78 is 18.8. The van der Waals surface area contributed by atoms with Crippen LogP contribution < -0.4 is 0 Å². The van der Waals surface area contributed by atoms with Crippen LogP contribution in [0.4, 0.5) is 4.39 Å². The minimum absolute atomic E-state index is 0.185. The van der Waals surface area contributed by atoms with Crippen molar-refractivity contribution in [1.29, 1.82) is 0 Å². The molecule has 0 saturated carbocycles. The fourth-order valence-corrected chi connectivity index (χ4v) is 2.73. The molecule has 20 heavy (non-hydrogen) atoms. The number of esters is 1. The molecule has 1 aliphatic carbocycles. The second kappa shape index (κ2) is 5.39. The van der Waals surface area contributed by atoms with E-state index in [9.17, 15) is 9.18 Å². The molecule has 1 atom stereocenters. The zero-order chi connectivity index (χ0) is 14.9. The van der Waals surface area contributed by atoms with Crippen LogP contribution in [0, 0.1) is 11.7 Å². The van der Waals surface area contributed by atoms with Gasteiger partial charge in [-0.25, -0.2) is 9.18 Å². The van der Waals surface area contributed by atoms with E-state index in [1.807, 2.05) is 19.9 Å². The second-order valence-electron chi connectivity index (χ2n) is 6.13. The van der Waals surface area contributed by atoms with Gasteiger partial charge in [-0.1, -0.05) is 12.6 Å². The Morgan fingerprint density at radius 2 is 2.10 bits per heavy atom. The average Bonchev–Trinajstić information content (AvgIpc) is 2.37. The minimum atomic E-state index is -0.540. The number of carbonyl (C=O) groups excluding carboxylic acids is 1. The van der Waals surface area contributed by atoms with Gasteiger partial charge in [-0.05, 0) is 63.3 Å². The normalized spacial score (nSPS) is 18.3. The van der Waals surface area contributed by atoms with Gasteiger partial charge < -0.3 is 4.74 Å². The second-order valence-corrected chi connectivity index (χ2v) is 6.13. The average molecular weight is 276 g/mol. The lowest BCUT2D eigenvalue weighted by Gasteiger charge is -2.37. The molecule has 2 rings (SSSR count). The molecule has 0 heterocycles. The third-order valence-electron chi connectivity index (χ3n) is 4.08. The molecule has 0 aliphatic heterocycles. The van der Waals surface area contributed by atoms with E-state index in [0.29, 0.717) is 5.57 Å². The summed E-state index contributed by atoms with van der Waals surface area (Å²) in [6, 6.07) is 4.94. The maximum atomic E-state index is 13.2. The molecule has 0 bridgehead atoms. The summed E-state index contributed by atoms with van der Waals surface area (Å²) in [7, 11) is 0. The predicted octanol–water partition coefficient (Wildman–Crippen LogP) is 3.83. The zero-order valence-electron chi connectivity index (χ0n) is 12.3. The highest BCUT2D eigenvalue weighted by Gasteiger charge is 2.35. The molecule has 0 N–H and O–H groups in total.